The van der Waals surface area contributed by atoms with Gasteiger partial charge >= 0.3 is 5.97 Å². The van der Waals surface area contributed by atoms with E-state index >= 15 is 0 Å². The number of carboxylic acids is 1. The van der Waals surface area contributed by atoms with Gasteiger partial charge in [-0.3, -0.25) is 14.5 Å². The van der Waals surface area contributed by atoms with Gasteiger partial charge in [-0.15, -0.1) is 0 Å². The highest BCUT2D eigenvalue weighted by Crippen LogP contribution is 2.34. The van der Waals surface area contributed by atoms with Gasteiger partial charge in [0.15, 0.2) is 5.69 Å². The van der Waals surface area contributed by atoms with E-state index in [1.165, 1.54) is 12.8 Å². The van der Waals surface area contributed by atoms with Crippen LogP contribution in [0.25, 0.3) is 11.5 Å². The van der Waals surface area contributed by atoms with Crippen molar-refractivity contribution in [2.24, 2.45) is 5.92 Å². The maximum atomic E-state index is 12.6. The molecule has 7 nitrogen and oxygen atoms in total. The van der Waals surface area contributed by atoms with Gasteiger partial charge < -0.3 is 14.8 Å². The molecule has 148 valence electrons. The topological polar surface area (TPSA) is 95.7 Å². The van der Waals surface area contributed by atoms with Crippen LogP contribution in [0.2, 0.25) is 0 Å². The summed E-state index contributed by atoms with van der Waals surface area (Å²) < 4.78 is 5.66. The summed E-state index contributed by atoms with van der Waals surface area (Å²) in [6.07, 6.45) is 3.93. The number of hydrogen-bond donors (Lipinski definition) is 2. The summed E-state index contributed by atoms with van der Waals surface area (Å²) >= 11 is 0. The molecule has 1 heterocycles. The van der Waals surface area contributed by atoms with E-state index in [0.29, 0.717) is 23.3 Å². The Morgan fingerprint density at radius 3 is 2.61 bits per heavy atom. The highest BCUT2D eigenvalue weighted by atomic mass is 16.4. The lowest BCUT2D eigenvalue weighted by Crippen LogP contribution is -2.55. The second-order valence-corrected chi connectivity index (χ2v) is 7.85. The van der Waals surface area contributed by atoms with Crippen LogP contribution in [0.15, 0.2) is 34.7 Å². The van der Waals surface area contributed by atoms with Gasteiger partial charge in [0.1, 0.15) is 5.76 Å². The van der Waals surface area contributed by atoms with Crippen molar-refractivity contribution in [3.63, 3.8) is 0 Å². The maximum Gasteiger partial charge on any atom is 0.317 e. The van der Waals surface area contributed by atoms with E-state index in [9.17, 15) is 9.59 Å². The van der Waals surface area contributed by atoms with E-state index in [4.69, 9.17) is 9.52 Å². The molecule has 1 aromatic carbocycles. The van der Waals surface area contributed by atoms with E-state index in [1.54, 1.807) is 6.92 Å². The van der Waals surface area contributed by atoms with Crippen LogP contribution in [0.5, 0.6) is 0 Å². The number of benzene rings is 1. The Bertz CT molecular complexity index is 854. The number of nitrogens with one attached hydrogen (secondary N) is 1. The average molecular weight is 383 g/mol. The number of carbonyl (C=O) groups excluding carboxylic acids is 1. The van der Waals surface area contributed by atoms with Crippen molar-refractivity contribution >= 4 is 11.9 Å². The molecular weight excluding hydrogens is 358 g/mol. The molecular formula is C21H25N3O4. The highest BCUT2D eigenvalue weighted by Gasteiger charge is 2.38. The van der Waals surface area contributed by atoms with Crippen molar-refractivity contribution in [1.82, 2.24) is 15.2 Å². The minimum Gasteiger partial charge on any atom is -0.480 e. The number of carbonyl (C=O) groups is 2. The first-order valence-electron chi connectivity index (χ1n) is 9.79. The Labute approximate surface area is 163 Å². The van der Waals surface area contributed by atoms with E-state index in [1.807, 2.05) is 30.3 Å². The van der Waals surface area contributed by atoms with Crippen LogP contribution < -0.4 is 5.32 Å². The predicted octanol–water partition coefficient (Wildman–Crippen LogP) is 2.71. The monoisotopic (exact) mass is 383 g/mol. The van der Waals surface area contributed by atoms with Crippen molar-refractivity contribution in [2.45, 2.75) is 44.7 Å². The third kappa shape index (κ3) is 4.25. The Balaban J connectivity index is 1.34. The predicted molar refractivity (Wildman–Crippen MR) is 103 cm³/mol. The molecule has 1 amide bonds. The Morgan fingerprint density at radius 1 is 1.25 bits per heavy atom. The quantitative estimate of drug-likeness (QED) is 0.728. The Hall–Kier alpha value is -2.67. The normalized spacial score (nSPS) is 21.4. The van der Waals surface area contributed by atoms with Crippen LogP contribution in [0.4, 0.5) is 0 Å². The van der Waals surface area contributed by atoms with Crippen LogP contribution in [0, 0.1) is 12.8 Å². The highest BCUT2D eigenvalue weighted by molar-refractivity contribution is 5.94. The molecule has 0 saturated heterocycles. The standard InChI is InChI=1S/C21H25N3O4/c1-13-19(23-21(28-13)15-5-3-2-4-6-15)20(27)22-16-9-17(10-16)24(12-18(25)26)11-14-7-8-14/h2-6,14,16-17H,7-12H2,1H3,(H,22,27)(H,25,26). The third-order valence-electron chi connectivity index (χ3n) is 5.53. The summed E-state index contributed by atoms with van der Waals surface area (Å²) in [6, 6.07) is 9.75. The summed E-state index contributed by atoms with van der Waals surface area (Å²) in [5.74, 6) is 0.543. The first-order chi connectivity index (χ1) is 13.5. The fourth-order valence-corrected chi connectivity index (χ4v) is 3.72. The number of oxazole rings is 1. The number of rotatable bonds is 8. The molecule has 0 radical (unpaired) electrons. The first kappa shape index (κ1) is 18.7. The summed E-state index contributed by atoms with van der Waals surface area (Å²) in [4.78, 5) is 30.2. The SMILES string of the molecule is Cc1oc(-c2ccccc2)nc1C(=O)NC1CC(N(CC(=O)O)CC2CC2)C1. The summed E-state index contributed by atoms with van der Waals surface area (Å²) in [7, 11) is 0. The maximum absolute atomic E-state index is 12.6. The van der Waals surface area contributed by atoms with E-state index in [-0.39, 0.29) is 24.5 Å². The van der Waals surface area contributed by atoms with Crippen LogP contribution >= 0.6 is 0 Å². The van der Waals surface area contributed by atoms with Crippen molar-refractivity contribution in [3.05, 3.63) is 41.8 Å². The lowest BCUT2D eigenvalue weighted by atomic mass is 9.85. The van der Waals surface area contributed by atoms with Crippen molar-refractivity contribution in [2.75, 3.05) is 13.1 Å². The zero-order chi connectivity index (χ0) is 19.7. The molecule has 0 atom stereocenters. The van der Waals surface area contributed by atoms with Gasteiger partial charge in [-0.1, -0.05) is 18.2 Å². The Morgan fingerprint density at radius 2 is 1.96 bits per heavy atom. The molecule has 28 heavy (non-hydrogen) atoms. The number of aryl methyl sites for hydroxylation is 1. The fraction of sp³-hybridized carbons (Fsp3) is 0.476. The van der Waals surface area contributed by atoms with E-state index in [0.717, 1.165) is 24.9 Å². The molecule has 0 unspecified atom stereocenters. The zero-order valence-electron chi connectivity index (χ0n) is 15.9. The fourth-order valence-electron chi connectivity index (χ4n) is 3.72. The first-order valence-corrected chi connectivity index (χ1v) is 9.79. The van der Waals surface area contributed by atoms with Gasteiger partial charge in [0, 0.05) is 24.2 Å². The number of nitrogens with zero attached hydrogens (tertiary/aromatic N) is 2. The summed E-state index contributed by atoms with van der Waals surface area (Å²) in [5.41, 5.74) is 1.14. The molecule has 4 rings (SSSR count). The number of aromatic nitrogens is 1. The number of aliphatic carboxylic acids is 1. The molecule has 2 fully saturated rings. The molecule has 2 saturated carbocycles. The molecule has 2 aromatic rings. The lowest BCUT2D eigenvalue weighted by molar-refractivity contribution is -0.139. The van der Waals surface area contributed by atoms with Crippen molar-refractivity contribution in [3.8, 4) is 11.5 Å². The largest absolute Gasteiger partial charge is 0.480 e. The second-order valence-electron chi connectivity index (χ2n) is 7.85. The molecule has 0 spiro atoms. The molecule has 2 N–H and O–H groups in total. The van der Waals surface area contributed by atoms with Gasteiger partial charge in [0.2, 0.25) is 5.89 Å². The van der Waals surface area contributed by atoms with Crippen LogP contribution in [-0.4, -0.2) is 52.0 Å². The smallest absolute Gasteiger partial charge is 0.317 e. The van der Waals surface area contributed by atoms with E-state index < -0.39 is 5.97 Å². The number of hydrogen-bond acceptors (Lipinski definition) is 5. The van der Waals surface area contributed by atoms with Gasteiger partial charge in [-0.05, 0) is 50.7 Å². The zero-order valence-corrected chi connectivity index (χ0v) is 15.9. The minimum absolute atomic E-state index is 0.0456. The molecule has 7 heteroatoms. The average Bonchev–Trinajstić information content (AvgIpc) is 3.36. The number of carboxylic acid groups (broad SMARTS) is 1. The van der Waals surface area contributed by atoms with Gasteiger partial charge in [0.25, 0.3) is 5.91 Å². The van der Waals surface area contributed by atoms with Gasteiger partial charge in [-0.25, -0.2) is 4.98 Å². The second kappa shape index (κ2) is 7.75. The lowest BCUT2D eigenvalue weighted by Gasteiger charge is -2.42. The van der Waals surface area contributed by atoms with Crippen LogP contribution in [-0.2, 0) is 4.79 Å². The van der Waals surface area contributed by atoms with Crippen LogP contribution in [0.3, 0.4) is 0 Å². The molecule has 1 aromatic heterocycles. The Kier molecular flexibility index (Phi) is 5.17. The van der Waals surface area contributed by atoms with Gasteiger partial charge in [-0.2, -0.15) is 0 Å². The molecule has 0 aliphatic heterocycles. The minimum atomic E-state index is -0.792. The number of amides is 1. The summed E-state index contributed by atoms with van der Waals surface area (Å²) in [5, 5.41) is 12.2. The molecule has 0 bridgehead atoms. The van der Waals surface area contributed by atoms with Gasteiger partial charge in [0.05, 0.1) is 6.54 Å². The van der Waals surface area contributed by atoms with Crippen molar-refractivity contribution < 1.29 is 19.1 Å². The molecule has 2 aliphatic rings. The third-order valence-corrected chi connectivity index (χ3v) is 5.53. The van der Waals surface area contributed by atoms with Crippen molar-refractivity contribution in [1.29, 1.82) is 0 Å². The molecule has 2 aliphatic carbocycles. The summed E-state index contributed by atoms with van der Waals surface area (Å²) in [6.45, 7) is 2.66. The van der Waals surface area contributed by atoms with Crippen LogP contribution in [0.1, 0.15) is 41.9 Å². The van der Waals surface area contributed by atoms with E-state index in [2.05, 4.69) is 15.2 Å².